The van der Waals surface area contributed by atoms with E-state index < -0.39 is 0 Å². The van der Waals surface area contributed by atoms with E-state index in [9.17, 15) is 0 Å². The van der Waals surface area contributed by atoms with Crippen molar-refractivity contribution in [3.63, 3.8) is 0 Å². The van der Waals surface area contributed by atoms with Gasteiger partial charge in [-0.15, -0.1) is 0 Å². The van der Waals surface area contributed by atoms with E-state index in [2.05, 4.69) is 34.4 Å². The van der Waals surface area contributed by atoms with Crippen molar-refractivity contribution in [2.24, 2.45) is 5.16 Å². The first-order valence-corrected chi connectivity index (χ1v) is 5.62. The molecule has 88 valence electrons. The number of hydrogen-bond acceptors (Lipinski definition) is 3. The Labute approximate surface area is 100 Å². The average molecular weight is 229 g/mol. The van der Waals surface area contributed by atoms with Gasteiger partial charge < -0.3 is 9.77 Å². The Morgan fingerprint density at radius 3 is 2.88 bits per heavy atom. The van der Waals surface area contributed by atoms with Gasteiger partial charge in [0.2, 0.25) is 0 Å². The monoisotopic (exact) mass is 229 g/mol. The van der Waals surface area contributed by atoms with Crippen molar-refractivity contribution in [3.8, 4) is 0 Å². The van der Waals surface area contributed by atoms with Crippen LogP contribution in [-0.4, -0.2) is 21.0 Å². The number of nitrogens with zero attached hydrogens (tertiary/aromatic N) is 3. The van der Waals surface area contributed by atoms with Crippen LogP contribution in [-0.2, 0) is 13.0 Å². The normalized spacial score (nSPS) is 11.1. The molecular weight excluding hydrogens is 214 g/mol. The lowest BCUT2D eigenvalue weighted by molar-refractivity contribution is 0.321. The average Bonchev–Trinajstić information content (AvgIpc) is 2.79. The molecule has 0 aliphatic rings. The van der Waals surface area contributed by atoms with Crippen LogP contribution in [0, 0.1) is 0 Å². The van der Waals surface area contributed by atoms with Crippen LogP contribution >= 0.6 is 0 Å². The topological polar surface area (TPSA) is 50.4 Å². The first kappa shape index (κ1) is 11.4. The van der Waals surface area contributed by atoms with Crippen molar-refractivity contribution in [1.29, 1.82) is 0 Å². The highest BCUT2D eigenvalue weighted by atomic mass is 16.4. The van der Waals surface area contributed by atoms with Gasteiger partial charge >= 0.3 is 0 Å². The SMILES string of the molecule is O/N=C/c1nccn1CCCc1ccccc1. The van der Waals surface area contributed by atoms with E-state index in [4.69, 9.17) is 5.21 Å². The summed E-state index contributed by atoms with van der Waals surface area (Å²) >= 11 is 0. The largest absolute Gasteiger partial charge is 0.411 e. The number of oxime groups is 1. The Morgan fingerprint density at radius 1 is 1.29 bits per heavy atom. The van der Waals surface area contributed by atoms with Crippen LogP contribution in [0.5, 0.6) is 0 Å². The molecule has 0 atom stereocenters. The lowest BCUT2D eigenvalue weighted by Crippen LogP contribution is -2.03. The summed E-state index contributed by atoms with van der Waals surface area (Å²) in [6, 6.07) is 10.4. The van der Waals surface area contributed by atoms with Crippen LogP contribution in [0.1, 0.15) is 17.8 Å². The minimum absolute atomic E-state index is 0.681. The van der Waals surface area contributed by atoms with Gasteiger partial charge in [0.25, 0.3) is 0 Å². The second-order valence-electron chi connectivity index (χ2n) is 3.81. The Hall–Kier alpha value is -2.10. The molecule has 1 aromatic heterocycles. The third-order valence-electron chi connectivity index (χ3n) is 2.63. The maximum atomic E-state index is 8.48. The Morgan fingerprint density at radius 2 is 2.12 bits per heavy atom. The number of hydrogen-bond donors (Lipinski definition) is 1. The third-order valence-corrected chi connectivity index (χ3v) is 2.63. The molecule has 0 unspecified atom stereocenters. The highest BCUT2D eigenvalue weighted by Crippen LogP contribution is 2.05. The van der Waals surface area contributed by atoms with Gasteiger partial charge in [-0.3, -0.25) is 0 Å². The van der Waals surface area contributed by atoms with Gasteiger partial charge in [-0.05, 0) is 18.4 Å². The second-order valence-corrected chi connectivity index (χ2v) is 3.81. The molecule has 0 amide bonds. The van der Waals surface area contributed by atoms with Crippen molar-refractivity contribution in [3.05, 3.63) is 54.1 Å². The summed E-state index contributed by atoms with van der Waals surface area (Å²) in [6.45, 7) is 0.871. The standard InChI is InChI=1S/C13H15N3O/c17-15-11-13-14-8-10-16(13)9-4-7-12-5-2-1-3-6-12/h1-3,5-6,8,10-11,17H,4,7,9H2/b15-11+. The number of aromatic nitrogens is 2. The van der Waals surface area contributed by atoms with E-state index in [0.29, 0.717) is 5.82 Å². The Kier molecular flexibility index (Phi) is 3.91. The van der Waals surface area contributed by atoms with Crippen LogP contribution in [0.25, 0.3) is 0 Å². The fourth-order valence-corrected chi connectivity index (χ4v) is 1.79. The molecule has 4 nitrogen and oxygen atoms in total. The van der Waals surface area contributed by atoms with Crippen LogP contribution in [0.15, 0.2) is 47.9 Å². The number of benzene rings is 1. The summed E-state index contributed by atoms with van der Waals surface area (Å²) in [5, 5.41) is 11.5. The van der Waals surface area contributed by atoms with E-state index in [1.165, 1.54) is 11.8 Å². The molecule has 0 saturated heterocycles. The van der Waals surface area contributed by atoms with E-state index >= 15 is 0 Å². The first-order valence-electron chi connectivity index (χ1n) is 5.62. The van der Waals surface area contributed by atoms with Crippen molar-refractivity contribution in [2.45, 2.75) is 19.4 Å². The summed E-state index contributed by atoms with van der Waals surface area (Å²) in [6.07, 6.45) is 7.02. The zero-order chi connectivity index (χ0) is 11.9. The molecule has 0 radical (unpaired) electrons. The molecule has 0 bridgehead atoms. The van der Waals surface area contributed by atoms with Crippen LogP contribution in [0.3, 0.4) is 0 Å². The minimum Gasteiger partial charge on any atom is -0.411 e. The highest BCUT2D eigenvalue weighted by molar-refractivity contribution is 5.74. The fraction of sp³-hybridized carbons (Fsp3) is 0.231. The van der Waals surface area contributed by atoms with Crippen molar-refractivity contribution in [2.75, 3.05) is 0 Å². The molecule has 2 aromatic rings. The maximum Gasteiger partial charge on any atom is 0.154 e. The summed E-state index contributed by atoms with van der Waals surface area (Å²) in [5.41, 5.74) is 1.34. The third kappa shape index (κ3) is 3.17. The lowest BCUT2D eigenvalue weighted by atomic mass is 10.1. The quantitative estimate of drug-likeness (QED) is 0.486. The van der Waals surface area contributed by atoms with Gasteiger partial charge in [-0.25, -0.2) is 4.98 Å². The van der Waals surface area contributed by atoms with Gasteiger partial charge in [0.1, 0.15) is 6.21 Å². The molecule has 1 aromatic carbocycles. The Bertz CT molecular complexity index is 476. The molecule has 0 aliphatic heterocycles. The number of aryl methyl sites for hydroxylation is 2. The minimum atomic E-state index is 0.681. The molecule has 2 rings (SSSR count). The summed E-state index contributed by atoms with van der Waals surface area (Å²) in [5.74, 6) is 0.681. The van der Waals surface area contributed by atoms with Gasteiger partial charge in [0, 0.05) is 18.9 Å². The van der Waals surface area contributed by atoms with E-state index in [0.717, 1.165) is 19.4 Å². The van der Waals surface area contributed by atoms with E-state index in [1.807, 2.05) is 16.8 Å². The van der Waals surface area contributed by atoms with Crippen molar-refractivity contribution < 1.29 is 5.21 Å². The molecule has 1 heterocycles. The molecule has 17 heavy (non-hydrogen) atoms. The van der Waals surface area contributed by atoms with Crippen molar-refractivity contribution >= 4 is 6.21 Å². The van der Waals surface area contributed by atoms with Crippen molar-refractivity contribution in [1.82, 2.24) is 9.55 Å². The summed E-state index contributed by atoms with van der Waals surface area (Å²) in [4.78, 5) is 4.09. The first-order chi connectivity index (χ1) is 8.40. The van der Waals surface area contributed by atoms with Gasteiger partial charge in [0.15, 0.2) is 5.82 Å². The smallest absolute Gasteiger partial charge is 0.154 e. The van der Waals surface area contributed by atoms with Crippen LogP contribution in [0.4, 0.5) is 0 Å². The summed E-state index contributed by atoms with van der Waals surface area (Å²) in [7, 11) is 0. The second kappa shape index (κ2) is 5.84. The van der Waals surface area contributed by atoms with E-state index in [-0.39, 0.29) is 0 Å². The fourth-order valence-electron chi connectivity index (χ4n) is 1.79. The summed E-state index contributed by atoms with van der Waals surface area (Å²) < 4.78 is 1.97. The predicted molar refractivity (Wildman–Crippen MR) is 66.4 cm³/mol. The maximum absolute atomic E-state index is 8.48. The van der Waals surface area contributed by atoms with Gasteiger partial charge in [0.05, 0.1) is 0 Å². The number of rotatable bonds is 5. The molecular formula is C13H15N3O. The predicted octanol–water partition coefficient (Wildman–Crippen LogP) is 2.32. The molecule has 0 saturated carbocycles. The van der Waals surface area contributed by atoms with Gasteiger partial charge in [-0.1, -0.05) is 35.5 Å². The Balaban J connectivity index is 1.88. The molecule has 1 N–H and O–H groups in total. The van der Waals surface area contributed by atoms with Crippen LogP contribution in [0.2, 0.25) is 0 Å². The van der Waals surface area contributed by atoms with Gasteiger partial charge in [-0.2, -0.15) is 0 Å². The zero-order valence-corrected chi connectivity index (χ0v) is 9.53. The van der Waals surface area contributed by atoms with Crippen LogP contribution < -0.4 is 0 Å². The zero-order valence-electron chi connectivity index (χ0n) is 9.53. The molecule has 0 fully saturated rings. The lowest BCUT2D eigenvalue weighted by Gasteiger charge is -2.04. The molecule has 4 heteroatoms. The van der Waals surface area contributed by atoms with E-state index in [1.54, 1.807) is 6.20 Å². The number of imidazole rings is 1. The molecule has 0 spiro atoms. The molecule has 0 aliphatic carbocycles. The highest BCUT2D eigenvalue weighted by Gasteiger charge is 1.99.